The lowest BCUT2D eigenvalue weighted by Crippen LogP contribution is -2.44. The minimum atomic E-state index is -0.346. The number of carbonyl (C=O) groups excluding carboxylic acids is 2. The number of hydrogen-bond donors (Lipinski definition) is 1. The minimum absolute atomic E-state index is 0.0287. The van der Waals surface area contributed by atoms with Crippen LogP contribution in [0, 0.1) is 5.92 Å². The summed E-state index contributed by atoms with van der Waals surface area (Å²) in [6.45, 7) is 2.01. The number of thioether (sulfide) groups is 1. The molecule has 9 heteroatoms. The second-order valence-electron chi connectivity index (χ2n) is 10.1. The Labute approximate surface area is 249 Å². The first-order chi connectivity index (χ1) is 19.9. The number of halogens is 1. The van der Waals surface area contributed by atoms with Gasteiger partial charge in [-0.1, -0.05) is 67.8 Å². The van der Waals surface area contributed by atoms with Gasteiger partial charge in [-0.05, 0) is 78.6 Å². The molecule has 3 aromatic rings. The molecule has 2 aliphatic rings. The minimum Gasteiger partial charge on any atom is -0.493 e. The summed E-state index contributed by atoms with van der Waals surface area (Å²) in [4.78, 5) is 33.6. The number of methoxy groups -OCH3 is 1. The zero-order valence-electron chi connectivity index (χ0n) is 23.0. The van der Waals surface area contributed by atoms with Crippen molar-refractivity contribution in [1.29, 1.82) is 0 Å². The van der Waals surface area contributed by atoms with Gasteiger partial charge < -0.3 is 14.8 Å². The number of nitrogens with one attached hydrogen (secondary N) is 1. The average Bonchev–Trinajstić information content (AvgIpc) is 3.27. The Morgan fingerprint density at radius 1 is 1.07 bits per heavy atom. The smallest absolute Gasteiger partial charge is 0.267 e. The van der Waals surface area contributed by atoms with Gasteiger partial charge in [0.15, 0.2) is 23.3 Å². The standard InChI is InChI=1S/C32H32ClN3O4S/c1-21-10-6-9-15-26(21)36-31(38)29(41-32(36)34-23-11-4-3-5-12-23)19-22-16-17-27(28(18-22)39-2)40-20-30(37)35-25-14-8-7-13-24(25)33/h3-5,7-8,11-14,16-19,21,26H,6,9-10,15,20H2,1-2H3,(H,35,37)/b29-19-,34-32?/t21-,26-/m0/s1. The van der Waals surface area contributed by atoms with Crippen molar-refractivity contribution >= 4 is 57.8 Å². The predicted molar refractivity (Wildman–Crippen MR) is 166 cm³/mol. The first-order valence-corrected chi connectivity index (χ1v) is 14.8. The fraction of sp³-hybridized carbons (Fsp3) is 0.281. The summed E-state index contributed by atoms with van der Waals surface area (Å²) in [5, 5.41) is 3.89. The number of rotatable bonds is 8. The molecule has 0 spiro atoms. The van der Waals surface area contributed by atoms with Crippen LogP contribution in [0.4, 0.5) is 11.4 Å². The molecule has 1 aliphatic heterocycles. The van der Waals surface area contributed by atoms with Gasteiger partial charge in [0.2, 0.25) is 0 Å². The Morgan fingerprint density at radius 2 is 1.83 bits per heavy atom. The highest BCUT2D eigenvalue weighted by Gasteiger charge is 2.41. The molecule has 0 unspecified atom stereocenters. The van der Waals surface area contributed by atoms with Crippen molar-refractivity contribution in [2.24, 2.45) is 10.9 Å². The van der Waals surface area contributed by atoms with Crippen molar-refractivity contribution in [3.05, 3.63) is 88.3 Å². The van der Waals surface area contributed by atoms with E-state index in [0.29, 0.717) is 38.2 Å². The maximum Gasteiger partial charge on any atom is 0.267 e. The third-order valence-corrected chi connectivity index (χ3v) is 8.52. The van der Waals surface area contributed by atoms with E-state index in [1.54, 1.807) is 36.4 Å². The van der Waals surface area contributed by atoms with Crippen LogP contribution in [0.15, 0.2) is 82.7 Å². The summed E-state index contributed by atoms with van der Waals surface area (Å²) >= 11 is 7.52. The Balaban J connectivity index is 1.35. The van der Waals surface area contributed by atoms with Crippen molar-refractivity contribution < 1.29 is 19.1 Å². The van der Waals surface area contributed by atoms with E-state index in [4.69, 9.17) is 26.1 Å². The van der Waals surface area contributed by atoms with E-state index in [2.05, 4.69) is 12.2 Å². The predicted octanol–water partition coefficient (Wildman–Crippen LogP) is 7.55. The highest BCUT2D eigenvalue weighted by Crippen LogP contribution is 2.40. The highest BCUT2D eigenvalue weighted by molar-refractivity contribution is 8.18. The van der Waals surface area contributed by atoms with E-state index < -0.39 is 0 Å². The van der Waals surface area contributed by atoms with Crippen LogP contribution in [-0.2, 0) is 9.59 Å². The molecule has 0 radical (unpaired) electrons. The summed E-state index contributed by atoms with van der Waals surface area (Å²) in [5.41, 5.74) is 2.12. The molecule has 1 heterocycles. The fourth-order valence-electron chi connectivity index (χ4n) is 5.09. The molecule has 2 fully saturated rings. The van der Waals surface area contributed by atoms with Crippen molar-refractivity contribution in [3.8, 4) is 11.5 Å². The number of hydrogen-bond acceptors (Lipinski definition) is 6. The lowest BCUT2D eigenvalue weighted by atomic mass is 9.85. The third kappa shape index (κ3) is 6.94. The molecule has 1 saturated carbocycles. The van der Waals surface area contributed by atoms with Crippen molar-refractivity contribution in [2.75, 3.05) is 19.0 Å². The number of amides is 2. The van der Waals surface area contributed by atoms with Crippen LogP contribution in [0.5, 0.6) is 11.5 Å². The molecule has 5 rings (SSSR count). The van der Waals surface area contributed by atoms with E-state index in [9.17, 15) is 9.59 Å². The number of anilines is 1. The summed E-state index contributed by atoms with van der Waals surface area (Å²) < 4.78 is 11.3. The molecule has 2 atom stereocenters. The van der Waals surface area contributed by atoms with Crippen LogP contribution in [0.1, 0.15) is 38.2 Å². The molecule has 1 N–H and O–H groups in total. The van der Waals surface area contributed by atoms with Gasteiger partial charge >= 0.3 is 0 Å². The average molecular weight is 590 g/mol. The van der Waals surface area contributed by atoms with E-state index in [-0.39, 0.29) is 24.5 Å². The van der Waals surface area contributed by atoms with E-state index >= 15 is 0 Å². The van der Waals surface area contributed by atoms with Crippen molar-refractivity contribution in [1.82, 2.24) is 4.90 Å². The summed E-state index contributed by atoms with van der Waals surface area (Å²) in [6.07, 6.45) is 6.23. The van der Waals surface area contributed by atoms with Crippen molar-refractivity contribution in [2.45, 2.75) is 38.6 Å². The summed E-state index contributed by atoms with van der Waals surface area (Å²) in [6, 6.07) is 22.2. The van der Waals surface area contributed by atoms with Crippen LogP contribution in [-0.4, -0.2) is 41.6 Å². The van der Waals surface area contributed by atoms with Crippen LogP contribution in [0.25, 0.3) is 6.08 Å². The highest BCUT2D eigenvalue weighted by atomic mass is 35.5. The molecule has 1 saturated heterocycles. The molecule has 0 bridgehead atoms. The van der Waals surface area contributed by atoms with E-state index in [1.807, 2.05) is 47.4 Å². The lowest BCUT2D eigenvalue weighted by Gasteiger charge is -2.35. The number of carbonyl (C=O) groups is 2. The third-order valence-electron chi connectivity index (χ3n) is 7.21. The second-order valence-corrected chi connectivity index (χ2v) is 11.5. The topological polar surface area (TPSA) is 80.2 Å². The van der Waals surface area contributed by atoms with Crippen LogP contribution in [0.2, 0.25) is 5.02 Å². The zero-order chi connectivity index (χ0) is 28.8. The molecule has 0 aromatic heterocycles. The maximum atomic E-state index is 13.8. The summed E-state index contributed by atoms with van der Waals surface area (Å²) in [7, 11) is 1.54. The number of amidine groups is 1. The Kier molecular flexibility index (Phi) is 9.31. The molecular formula is C32H32ClN3O4S. The molecule has 7 nitrogen and oxygen atoms in total. The molecule has 3 aromatic carbocycles. The van der Waals surface area contributed by atoms with Gasteiger partial charge in [0.05, 0.1) is 28.4 Å². The Morgan fingerprint density at radius 3 is 2.59 bits per heavy atom. The van der Waals surface area contributed by atoms with Gasteiger partial charge in [-0.15, -0.1) is 0 Å². The molecule has 2 amide bonds. The van der Waals surface area contributed by atoms with Gasteiger partial charge in [0.25, 0.3) is 11.8 Å². The van der Waals surface area contributed by atoms with Gasteiger partial charge in [-0.2, -0.15) is 0 Å². The van der Waals surface area contributed by atoms with Crippen LogP contribution in [0.3, 0.4) is 0 Å². The zero-order valence-corrected chi connectivity index (χ0v) is 24.6. The number of aliphatic imine (C=N–C) groups is 1. The van der Waals surface area contributed by atoms with Gasteiger partial charge in [0.1, 0.15) is 0 Å². The second kappa shape index (κ2) is 13.3. The SMILES string of the molecule is COc1cc(/C=C2\SC(=Nc3ccccc3)N([C@H]3CCCC[C@@H]3C)C2=O)ccc1OCC(=O)Nc1ccccc1Cl. The number of ether oxygens (including phenoxy) is 2. The Bertz CT molecular complexity index is 1480. The maximum absolute atomic E-state index is 13.8. The van der Waals surface area contributed by atoms with Crippen LogP contribution < -0.4 is 14.8 Å². The first kappa shape index (κ1) is 28.8. The van der Waals surface area contributed by atoms with E-state index in [1.165, 1.54) is 25.3 Å². The van der Waals surface area contributed by atoms with Crippen molar-refractivity contribution in [3.63, 3.8) is 0 Å². The Hall–Kier alpha value is -3.75. The lowest BCUT2D eigenvalue weighted by molar-refractivity contribution is -0.125. The first-order valence-electron chi connectivity index (χ1n) is 13.6. The van der Waals surface area contributed by atoms with Gasteiger partial charge in [-0.3, -0.25) is 14.5 Å². The van der Waals surface area contributed by atoms with Gasteiger partial charge in [0, 0.05) is 6.04 Å². The number of nitrogens with zero attached hydrogens (tertiary/aromatic N) is 2. The molecular weight excluding hydrogens is 558 g/mol. The molecule has 1 aliphatic carbocycles. The number of benzene rings is 3. The molecule has 41 heavy (non-hydrogen) atoms. The molecule has 212 valence electrons. The van der Waals surface area contributed by atoms with Crippen LogP contribution >= 0.6 is 23.4 Å². The van der Waals surface area contributed by atoms with E-state index in [0.717, 1.165) is 30.5 Å². The quantitative estimate of drug-likeness (QED) is 0.274. The van der Waals surface area contributed by atoms with Gasteiger partial charge in [-0.25, -0.2) is 4.99 Å². The summed E-state index contributed by atoms with van der Waals surface area (Å²) in [5.74, 6) is 0.899. The monoisotopic (exact) mass is 589 g/mol. The fourth-order valence-corrected chi connectivity index (χ4v) is 6.32. The largest absolute Gasteiger partial charge is 0.493 e. The number of para-hydroxylation sites is 2. The normalized spacial score (nSPS) is 20.9.